The van der Waals surface area contributed by atoms with Crippen molar-refractivity contribution in [3.63, 3.8) is 0 Å². The molecule has 3 aromatic carbocycles. The molecule has 2 bridgehead atoms. The third-order valence-electron chi connectivity index (χ3n) is 8.23. The summed E-state index contributed by atoms with van der Waals surface area (Å²) in [5.74, 6) is 0.841. The molecule has 206 valence electrons. The van der Waals surface area contributed by atoms with E-state index in [-0.39, 0.29) is 24.2 Å². The monoisotopic (exact) mass is 537 g/mol. The van der Waals surface area contributed by atoms with Crippen molar-refractivity contribution in [1.82, 2.24) is 0 Å². The van der Waals surface area contributed by atoms with Crippen molar-refractivity contribution in [3.05, 3.63) is 89.5 Å². The number of benzene rings is 3. The van der Waals surface area contributed by atoms with Gasteiger partial charge in [-0.05, 0) is 47.5 Å². The van der Waals surface area contributed by atoms with Crippen molar-refractivity contribution in [2.45, 2.75) is 31.9 Å². The van der Waals surface area contributed by atoms with E-state index in [1.165, 1.54) is 28.7 Å². The van der Waals surface area contributed by atoms with Crippen molar-refractivity contribution in [3.8, 4) is 11.5 Å². The lowest BCUT2D eigenvalue weighted by atomic mass is 9.83. The topological polar surface area (TPSA) is 48.0 Å². The van der Waals surface area contributed by atoms with Crippen LogP contribution >= 0.6 is 0 Å². The molecule has 8 heteroatoms. The molecule has 3 fully saturated rings. The molecule has 0 N–H and O–H groups in total. The van der Waals surface area contributed by atoms with E-state index in [2.05, 4.69) is 6.07 Å². The number of fused-ring (bicyclic) bond motifs is 3. The van der Waals surface area contributed by atoms with Gasteiger partial charge in [-0.2, -0.15) is 0 Å². The van der Waals surface area contributed by atoms with Crippen molar-refractivity contribution in [2.75, 3.05) is 45.3 Å². The predicted molar refractivity (Wildman–Crippen MR) is 145 cm³/mol. The lowest BCUT2D eigenvalue weighted by molar-refractivity contribution is -0.945. The molecule has 1 amide bonds. The molecule has 3 saturated heterocycles. The zero-order chi connectivity index (χ0) is 27.4. The summed E-state index contributed by atoms with van der Waals surface area (Å²) in [5, 5.41) is 0. The van der Waals surface area contributed by atoms with Crippen LogP contribution in [-0.4, -0.2) is 57.1 Å². The normalized spacial score (nSPS) is 21.8. The average Bonchev–Trinajstić information content (AvgIpc) is 2.96. The maximum atomic E-state index is 14.8. The lowest BCUT2D eigenvalue weighted by Gasteiger charge is -2.52. The van der Waals surface area contributed by atoms with Gasteiger partial charge >= 0.3 is 6.09 Å². The highest BCUT2D eigenvalue weighted by atomic mass is 19.1. The second-order valence-corrected chi connectivity index (χ2v) is 10.6. The first-order valence-corrected chi connectivity index (χ1v) is 13.4. The number of hydrogen-bond donors (Lipinski definition) is 0. The van der Waals surface area contributed by atoms with E-state index < -0.39 is 11.9 Å². The van der Waals surface area contributed by atoms with E-state index in [9.17, 15) is 13.6 Å². The minimum absolute atomic E-state index is 0.0801. The van der Waals surface area contributed by atoms with Crippen molar-refractivity contribution in [2.24, 2.45) is 5.92 Å². The molecule has 3 aliphatic rings. The smallest absolute Gasteiger partial charge is 0.415 e. The van der Waals surface area contributed by atoms with Crippen LogP contribution in [-0.2, 0) is 17.7 Å². The van der Waals surface area contributed by atoms with E-state index in [1.807, 2.05) is 12.1 Å². The van der Waals surface area contributed by atoms with Gasteiger partial charge in [0.05, 0.1) is 46.1 Å². The third kappa shape index (κ3) is 6.01. The summed E-state index contributed by atoms with van der Waals surface area (Å²) in [7, 11) is 3.26. The van der Waals surface area contributed by atoms with E-state index in [4.69, 9.17) is 14.2 Å². The van der Waals surface area contributed by atoms with E-state index in [0.29, 0.717) is 23.0 Å². The maximum absolute atomic E-state index is 14.8. The van der Waals surface area contributed by atoms with Crippen LogP contribution < -0.4 is 14.4 Å². The first-order valence-electron chi connectivity index (χ1n) is 13.4. The second-order valence-electron chi connectivity index (χ2n) is 10.6. The van der Waals surface area contributed by atoms with Crippen LogP contribution in [0.15, 0.2) is 66.7 Å². The van der Waals surface area contributed by atoms with Crippen molar-refractivity contribution >= 4 is 11.8 Å². The Labute approximate surface area is 228 Å². The molecule has 1 unspecified atom stereocenters. The fourth-order valence-electron chi connectivity index (χ4n) is 5.96. The number of hydrogen-bond acceptors (Lipinski definition) is 4. The van der Waals surface area contributed by atoms with E-state index in [1.54, 1.807) is 44.6 Å². The van der Waals surface area contributed by atoms with Crippen molar-refractivity contribution < 1.29 is 32.3 Å². The van der Waals surface area contributed by atoms with Crippen LogP contribution in [0, 0.1) is 17.6 Å². The Bertz CT molecular complexity index is 1290. The Morgan fingerprint density at radius 2 is 1.62 bits per heavy atom. The van der Waals surface area contributed by atoms with Crippen molar-refractivity contribution in [1.29, 1.82) is 0 Å². The number of anilines is 1. The minimum atomic E-state index is -0.582. The Kier molecular flexibility index (Phi) is 8.02. The molecule has 3 aromatic rings. The van der Waals surface area contributed by atoms with E-state index >= 15 is 0 Å². The highest BCUT2D eigenvalue weighted by Crippen LogP contribution is 2.37. The lowest BCUT2D eigenvalue weighted by Crippen LogP contribution is -2.65. The zero-order valence-corrected chi connectivity index (χ0v) is 22.4. The first kappa shape index (κ1) is 26.9. The number of halogens is 2. The number of carbonyl (C=O) groups excluding carboxylic acids is 1. The predicted octanol–water partition coefficient (Wildman–Crippen LogP) is 5.98. The molecule has 3 heterocycles. The molecule has 0 saturated carbocycles. The van der Waals surface area contributed by atoms with Gasteiger partial charge in [-0.1, -0.05) is 30.3 Å². The molecule has 0 spiro atoms. The Morgan fingerprint density at radius 1 is 0.923 bits per heavy atom. The summed E-state index contributed by atoms with van der Waals surface area (Å²) < 4.78 is 46.1. The molecule has 6 nitrogen and oxygen atoms in total. The SMILES string of the molecule is COc1ccc(CC[N+]23CCC(CC2)C(OC(=O)N(Cc2ccc(F)cc2)c2ccccc2F)C3)cc1OC. The number of para-hydroxylation sites is 1. The molecule has 39 heavy (non-hydrogen) atoms. The van der Waals surface area contributed by atoms with Gasteiger partial charge < -0.3 is 18.7 Å². The van der Waals surface area contributed by atoms with Crippen LogP contribution in [0.1, 0.15) is 24.0 Å². The molecule has 0 aliphatic carbocycles. The largest absolute Gasteiger partial charge is 0.493 e. The summed E-state index contributed by atoms with van der Waals surface area (Å²) in [4.78, 5) is 14.9. The van der Waals surface area contributed by atoms with Crippen LogP contribution in [0.2, 0.25) is 0 Å². The van der Waals surface area contributed by atoms with Crippen LogP contribution in [0.5, 0.6) is 11.5 Å². The standard InChI is InChI=1S/C31H35F2N2O4/c1-37-28-12-9-22(19-29(28)38-2)13-16-35-17-14-24(15-18-35)30(21-35)39-31(36)34(27-6-4-3-5-26(27)33)20-23-7-10-25(32)11-8-23/h3-12,19,24,30H,13-18,20-21H2,1-2H3/q+1. The molecular formula is C31H35F2N2O4+. The number of piperidine rings is 3. The number of carbonyl (C=O) groups is 1. The third-order valence-corrected chi connectivity index (χ3v) is 8.23. The van der Waals surface area contributed by atoms with Gasteiger partial charge in [-0.3, -0.25) is 4.90 Å². The van der Waals surface area contributed by atoms with Crippen LogP contribution in [0.3, 0.4) is 0 Å². The zero-order valence-electron chi connectivity index (χ0n) is 22.4. The van der Waals surface area contributed by atoms with Gasteiger partial charge in [0.15, 0.2) is 17.6 Å². The van der Waals surface area contributed by atoms with Gasteiger partial charge in [0, 0.05) is 25.2 Å². The Hall–Kier alpha value is -3.65. The van der Waals surface area contributed by atoms with Gasteiger partial charge in [0.25, 0.3) is 0 Å². The second kappa shape index (κ2) is 11.6. The quantitative estimate of drug-likeness (QED) is 0.315. The van der Waals surface area contributed by atoms with Crippen LogP contribution in [0.4, 0.5) is 19.3 Å². The van der Waals surface area contributed by atoms with Gasteiger partial charge in [0.1, 0.15) is 18.2 Å². The fraction of sp³-hybridized carbons (Fsp3) is 0.387. The van der Waals surface area contributed by atoms with Crippen LogP contribution in [0.25, 0.3) is 0 Å². The molecule has 0 aromatic heterocycles. The highest BCUT2D eigenvalue weighted by Gasteiger charge is 2.47. The number of ether oxygens (including phenoxy) is 3. The Balaban J connectivity index is 1.30. The van der Waals surface area contributed by atoms with Gasteiger partial charge in [-0.15, -0.1) is 0 Å². The first-order chi connectivity index (χ1) is 18.9. The number of quaternary nitrogens is 1. The number of amides is 1. The fourth-order valence-corrected chi connectivity index (χ4v) is 5.96. The average molecular weight is 538 g/mol. The number of rotatable bonds is 9. The molecular weight excluding hydrogens is 502 g/mol. The molecule has 3 aliphatic heterocycles. The summed E-state index contributed by atoms with van der Waals surface area (Å²) in [6, 6.07) is 18.0. The molecule has 1 atom stereocenters. The van der Waals surface area contributed by atoms with Gasteiger partial charge in [-0.25, -0.2) is 13.6 Å². The summed E-state index contributed by atoms with van der Waals surface area (Å²) >= 11 is 0. The summed E-state index contributed by atoms with van der Waals surface area (Å²) in [6.07, 6.45) is 2.02. The number of methoxy groups -OCH3 is 2. The molecule has 6 rings (SSSR count). The number of nitrogens with zero attached hydrogens (tertiary/aromatic N) is 2. The van der Waals surface area contributed by atoms with Gasteiger partial charge in [0.2, 0.25) is 0 Å². The summed E-state index contributed by atoms with van der Waals surface area (Å²) in [6.45, 7) is 3.86. The van der Waals surface area contributed by atoms with E-state index in [0.717, 1.165) is 49.9 Å². The minimum Gasteiger partial charge on any atom is -0.493 e. The Morgan fingerprint density at radius 3 is 2.31 bits per heavy atom. The summed E-state index contributed by atoms with van der Waals surface area (Å²) in [5.41, 5.74) is 2.00. The highest BCUT2D eigenvalue weighted by molar-refractivity contribution is 5.87. The maximum Gasteiger partial charge on any atom is 0.415 e. The molecule has 0 radical (unpaired) electrons.